The van der Waals surface area contributed by atoms with Gasteiger partial charge in [0.15, 0.2) is 17.1 Å². The largest absolute Gasteiger partial charge is 0.486 e. The maximum Gasteiger partial charge on any atom is 0.271 e. The quantitative estimate of drug-likeness (QED) is 0.569. The zero-order valence-electron chi connectivity index (χ0n) is 16.9. The van der Waals surface area contributed by atoms with Gasteiger partial charge in [0.2, 0.25) is 0 Å². The molecule has 0 spiro atoms. The molecule has 0 aliphatic carbocycles. The first-order valence-corrected chi connectivity index (χ1v) is 10.1. The molecule has 0 bridgehead atoms. The van der Waals surface area contributed by atoms with E-state index in [-0.39, 0.29) is 5.91 Å². The van der Waals surface area contributed by atoms with Crippen LogP contribution in [0.1, 0.15) is 23.2 Å². The summed E-state index contributed by atoms with van der Waals surface area (Å²) in [5, 5.41) is 12.3. The monoisotopic (exact) mass is 427 g/mol. The van der Waals surface area contributed by atoms with Crippen LogP contribution in [-0.4, -0.2) is 58.9 Å². The maximum atomic E-state index is 14.1. The number of rotatable bonds is 5. The van der Waals surface area contributed by atoms with E-state index in [4.69, 9.17) is 9.47 Å². The van der Waals surface area contributed by atoms with E-state index in [2.05, 4.69) is 26.1 Å². The number of hydrogen-bond donors (Lipinski definition) is 3. The number of nitrogens with one attached hydrogen (secondary N) is 3. The number of hydrazine groups is 1. The van der Waals surface area contributed by atoms with Crippen LogP contribution < -0.4 is 25.5 Å². The van der Waals surface area contributed by atoms with E-state index in [9.17, 15) is 9.18 Å². The van der Waals surface area contributed by atoms with Crippen molar-refractivity contribution in [2.24, 2.45) is 0 Å². The summed E-state index contributed by atoms with van der Waals surface area (Å²) in [4.78, 5) is 17.4. The molecule has 162 valence electrons. The third-order valence-corrected chi connectivity index (χ3v) is 5.21. The van der Waals surface area contributed by atoms with Crippen molar-refractivity contribution in [2.45, 2.75) is 12.8 Å². The number of amides is 1. The average molecular weight is 427 g/mol. The van der Waals surface area contributed by atoms with Gasteiger partial charge in [-0.1, -0.05) is 0 Å². The number of carbonyl (C=O) groups excluding carboxylic acids is 1. The van der Waals surface area contributed by atoms with Crippen molar-refractivity contribution >= 4 is 28.9 Å². The minimum atomic E-state index is -0.461. The highest BCUT2D eigenvalue weighted by Crippen LogP contribution is 2.40. The van der Waals surface area contributed by atoms with Crippen LogP contribution in [0.5, 0.6) is 11.5 Å². The van der Waals surface area contributed by atoms with Crippen LogP contribution >= 0.6 is 0 Å². The lowest BCUT2D eigenvalue weighted by molar-refractivity contribution is 0.0827. The highest BCUT2D eigenvalue weighted by atomic mass is 19.1. The predicted molar refractivity (Wildman–Crippen MR) is 111 cm³/mol. The molecular formula is C20H22FN7O3. The van der Waals surface area contributed by atoms with E-state index in [1.54, 1.807) is 17.6 Å². The summed E-state index contributed by atoms with van der Waals surface area (Å²) in [5.41, 5.74) is 4.00. The van der Waals surface area contributed by atoms with Gasteiger partial charge in [-0.3, -0.25) is 10.2 Å². The fourth-order valence-corrected chi connectivity index (χ4v) is 3.75. The lowest BCUT2D eigenvalue weighted by Crippen LogP contribution is -2.40. The molecule has 31 heavy (non-hydrogen) atoms. The van der Waals surface area contributed by atoms with Crippen molar-refractivity contribution in [1.29, 1.82) is 0 Å². The number of carbonyl (C=O) groups is 1. The van der Waals surface area contributed by atoms with Crippen molar-refractivity contribution in [3.63, 3.8) is 0 Å². The van der Waals surface area contributed by atoms with Gasteiger partial charge in [-0.05, 0) is 12.8 Å². The first kappa shape index (κ1) is 19.4. The van der Waals surface area contributed by atoms with Gasteiger partial charge in [0.1, 0.15) is 36.2 Å². The Labute approximate surface area is 177 Å². The number of fused-ring (bicyclic) bond motifs is 2. The molecule has 2 aliphatic heterocycles. The fraction of sp³-hybridized carbons (Fsp3) is 0.350. The first-order chi connectivity index (χ1) is 15.1. The summed E-state index contributed by atoms with van der Waals surface area (Å²) < 4.78 is 26.8. The van der Waals surface area contributed by atoms with Gasteiger partial charge in [0, 0.05) is 38.3 Å². The molecule has 0 saturated carbocycles. The van der Waals surface area contributed by atoms with Crippen LogP contribution in [-0.2, 0) is 0 Å². The van der Waals surface area contributed by atoms with Crippen LogP contribution in [0.3, 0.4) is 0 Å². The summed E-state index contributed by atoms with van der Waals surface area (Å²) >= 11 is 0. The molecule has 2 aromatic heterocycles. The predicted octanol–water partition coefficient (Wildman–Crippen LogP) is 2.17. The van der Waals surface area contributed by atoms with E-state index in [0.29, 0.717) is 53.2 Å². The summed E-state index contributed by atoms with van der Waals surface area (Å²) in [6.45, 7) is 2.36. The first-order valence-electron chi connectivity index (χ1n) is 10.1. The van der Waals surface area contributed by atoms with Crippen molar-refractivity contribution in [3.8, 4) is 11.5 Å². The molecule has 1 fully saturated rings. The Bertz CT molecular complexity index is 1140. The SMILES string of the molecule is CNc1cc(Nc2cc(F)cc3c2OCCO3)nc2c(C(=O)NN3CCCC3)cnn12. The van der Waals surface area contributed by atoms with Crippen LogP contribution in [0.4, 0.5) is 21.7 Å². The molecule has 10 nitrogen and oxygen atoms in total. The van der Waals surface area contributed by atoms with E-state index in [0.717, 1.165) is 25.9 Å². The van der Waals surface area contributed by atoms with Crippen LogP contribution in [0.2, 0.25) is 0 Å². The average Bonchev–Trinajstić information content (AvgIpc) is 3.43. The Hall–Kier alpha value is -3.60. The smallest absolute Gasteiger partial charge is 0.271 e. The molecule has 0 atom stereocenters. The summed E-state index contributed by atoms with van der Waals surface area (Å²) in [6.07, 6.45) is 3.59. The lowest BCUT2D eigenvalue weighted by atomic mass is 10.2. The molecule has 3 N–H and O–H groups in total. The Balaban J connectivity index is 1.51. The summed E-state index contributed by atoms with van der Waals surface area (Å²) in [5.74, 6) is 1.02. The van der Waals surface area contributed by atoms with Crippen molar-refractivity contribution in [2.75, 3.05) is 44.0 Å². The van der Waals surface area contributed by atoms with E-state index < -0.39 is 5.82 Å². The second kappa shape index (κ2) is 7.91. The number of halogens is 1. The molecule has 5 rings (SSSR count). The van der Waals surface area contributed by atoms with E-state index >= 15 is 0 Å². The van der Waals surface area contributed by atoms with Gasteiger partial charge in [-0.15, -0.1) is 0 Å². The van der Waals surface area contributed by atoms with Gasteiger partial charge < -0.3 is 20.1 Å². The van der Waals surface area contributed by atoms with Crippen molar-refractivity contribution in [3.05, 3.63) is 35.8 Å². The van der Waals surface area contributed by atoms with Gasteiger partial charge in [0.05, 0.1) is 11.9 Å². The third-order valence-electron chi connectivity index (χ3n) is 5.21. The van der Waals surface area contributed by atoms with Crippen LogP contribution in [0.25, 0.3) is 5.65 Å². The summed E-state index contributed by atoms with van der Waals surface area (Å²) in [6, 6.07) is 4.31. The van der Waals surface area contributed by atoms with Gasteiger partial charge in [-0.2, -0.15) is 9.61 Å². The van der Waals surface area contributed by atoms with E-state index in [1.165, 1.54) is 18.3 Å². The third kappa shape index (κ3) is 3.67. The summed E-state index contributed by atoms with van der Waals surface area (Å²) in [7, 11) is 1.74. The minimum Gasteiger partial charge on any atom is -0.486 e. The lowest BCUT2D eigenvalue weighted by Gasteiger charge is -2.21. The zero-order valence-corrected chi connectivity index (χ0v) is 16.9. The van der Waals surface area contributed by atoms with Crippen LogP contribution in [0.15, 0.2) is 24.4 Å². The van der Waals surface area contributed by atoms with Crippen molar-refractivity contribution < 1.29 is 18.7 Å². The van der Waals surface area contributed by atoms with Gasteiger partial charge in [-0.25, -0.2) is 14.4 Å². The molecule has 0 unspecified atom stereocenters. The molecular weight excluding hydrogens is 405 g/mol. The van der Waals surface area contributed by atoms with Gasteiger partial charge in [0.25, 0.3) is 5.91 Å². The maximum absolute atomic E-state index is 14.1. The second-order valence-corrected chi connectivity index (χ2v) is 7.31. The topological polar surface area (TPSA) is 105 Å². The number of benzene rings is 1. The Morgan fingerprint density at radius 2 is 1.97 bits per heavy atom. The normalized spacial score (nSPS) is 15.8. The molecule has 11 heteroatoms. The number of ether oxygens (including phenoxy) is 2. The molecule has 1 aromatic carbocycles. The molecule has 3 aromatic rings. The molecule has 1 saturated heterocycles. The molecule has 4 heterocycles. The zero-order chi connectivity index (χ0) is 21.4. The number of aromatic nitrogens is 3. The number of nitrogens with zero attached hydrogens (tertiary/aromatic N) is 4. The standard InChI is InChI=1S/C20H22FN7O3/c1-22-17-10-16(24-14-8-12(21)9-15-18(14)31-7-6-30-15)25-19-13(11-23-28(17)19)20(29)26-27-4-2-3-5-27/h8-11,22H,2-7H2,1H3,(H,24,25)(H,26,29). The molecule has 1 amide bonds. The van der Waals surface area contributed by atoms with Crippen molar-refractivity contribution in [1.82, 2.24) is 25.0 Å². The Morgan fingerprint density at radius 1 is 1.16 bits per heavy atom. The number of anilines is 3. The van der Waals surface area contributed by atoms with Crippen LogP contribution in [0, 0.1) is 5.82 Å². The Kier molecular flexibility index (Phi) is 4.94. The molecule has 0 radical (unpaired) electrons. The Morgan fingerprint density at radius 3 is 2.77 bits per heavy atom. The highest BCUT2D eigenvalue weighted by molar-refractivity contribution is 5.99. The fourth-order valence-electron chi connectivity index (χ4n) is 3.75. The van der Waals surface area contributed by atoms with Gasteiger partial charge >= 0.3 is 0 Å². The van der Waals surface area contributed by atoms with E-state index in [1.807, 2.05) is 5.01 Å². The second-order valence-electron chi connectivity index (χ2n) is 7.31. The number of hydrogen-bond acceptors (Lipinski definition) is 8. The molecule has 2 aliphatic rings. The minimum absolute atomic E-state index is 0.275. The highest BCUT2D eigenvalue weighted by Gasteiger charge is 2.22.